The molecule has 1 aliphatic heterocycles. The zero-order valence-corrected chi connectivity index (χ0v) is 14.4. The van der Waals surface area contributed by atoms with Crippen molar-refractivity contribution < 1.29 is 8.42 Å². The molecule has 0 saturated carbocycles. The van der Waals surface area contributed by atoms with Gasteiger partial charge in [-0.2, -0.15) is 0 Å². The molecule has 0 radical (unpaired) electrons. The second kappa shape index (κ2) is 6.13. The van der Waals surface area contributed by atoms with Gasteiger partial charge in [0.2, 0.25) is 0 Å². The van der Waals surface area contributed by atoms with E-state index in [1.54, 1.807) is 9.13 Å². The summed E-state index contributed by atoms with van der Waals surface area (Å²) in [5, 5.41) is 0. The molecule has 1 saturated heterocycles. The first kappa shape index (κ1) is 16.3. The maximum atomic E-state index is 12.7. The summed E-state index contributed by atoms with van der Waals surface area (Å²) in [7, 11) is -1.03. The molecule has 0 amide bonds. The Kier molecular flexibility index (Phi) is 4.33. The van der Waals surface area contributed by atoms with E-state index in [-0.39, 0.29) is 23.2 Å². The van der Waals surface area contributed by atoms with Gasteiger partial charge in [-0.25, -0.2) is 13.2 Å². The van der Waals surface area contributed by atoms with Gasteiger partial charge >= 0.3 is 5.69 Å². The quantitative estimate of drug-likeness (QED) is 0.825. The molecule has 7 heteroatoms. The van der Waals surface area contributed by atoms with Gasteiger partial charge in [-0.15, -0.1) is 0 Å². The number of para-hydroxylation sites is 2. The molecule has 1 fully saturated rings. The Morgan fingerprint density at radius 3 is 2.43 bits per heavy atom. The van der Waals surface area contributed by atoms with Gasteiger partial charge in [0, 0.05) is 12.6 Å². The molecule has 126 valence electrons. The molecule has 2 heterocycles. The topological polar surface area (TPSA) is 64.3 Å². The van der Waals surface area contributed by atoms with Crippen molar-refractivity contribution in [3.8, 4) is 0 Å². The van der Waals surface area contributed by atoms with Crippen molar-refractivity contribution in [3.05, 3.63) is 34.7 Å². The fourth-order valence-corrected chi connectivity index (χ4v) is 5.12. The summed E-state index contributed by atoms with van der Waals surface area (Å²) in [5.41, 5.74) is 1.81. The van der Waals surface area contributed by atoms with Crippen molar-refractivity contribution >= 4 is 20.9 Å². The SMILES string of the molecule is CCCn1c(=O)n(CN(C)[C@@H]2CCS(=O)(=O)C2)c2ccccc21. The number of rotatable bonds is 5. The van der Waals surface area contributed by atoms with Crippen molar-refractivity contribution in [1.29, 1.82) is 0 Å². The van der Waals surface area contributed by atoms with Crippen LogP contribution in [-0.4, -0.2) is 47.0 Å². The Balaban J connectivity index is 1.94. The summed E-state index contributed by atoms with van der Waals surface area (Å²) < 4.78 is 26.9. The Morgan fingerprint density at radius 2 is 1.87 bits per heavy atom. The number of benzene rings is 1. The van der Waals surface area contributed by atoms with Crippen LogP contribution in [0.25, 0.3) is 11.0 Å². The van der Waals surface area contributed by atoms with Crippen molar-refractivity contribution in [3.63, 3.8) is 0 Å². The number of hydrogen-bond acceptors (Lipinski definition) is 4. The maximum absolute atomic E-state index is 12.7. The first-order valence-corrected chi connectivity index (χ1v) is 9.84. The predicted octanol–water partition coefficient (Wildman–Crippen LogP) is 1.29. The highest BCUT2D eigenvalue weighted by Gasteiger charge is 2.31. The molecule has 0 aliphatic carbocycles. The van der Waals surface area contributed by atoms with Gasteiger partial charge in [0.1, 0.15) is 0 Å². The van der Waals surface area contributed by atoms with Crippen LogP contribution in [0.3, 0.4) is 0 Å². The van der Waals surface area contributed by atoms with E-state index in [1.807, 2.05) is 43.1 Å². The normalized spacial score (nSPS) is 20.6. The van der Waals surface area contributed by atoms with Gasteiger partial charge in [-0.3, -0.25) is 14.0 Å². The van der Waals surface area contributed by atoms with E-state index < -0.39 is 9.84 Å². The van der Waals surface area contributed by atoms with Crippen LogP contribution in [0.5, 0.6) is 0 Å². The number of fused-ring (bicyclic) bond motifs is 1. The smallest absolute Gasteiger partial charge is 0.292 e. The average Bonchev–Trinajstić information content (AvgIpc) is 3.00. The van der Waals surface area contributed by atoms with Crippen LogP contribution >= 0.6 is 0 Å². The van der Waals surface area contributed by atoms with E-state index in [2.05, 4.69) is 0 Å². The first-order valence-electron chi connectivity index (χ1n) is 8.01. The number of hydrogen-bond donors (Lipinski definition) is 0. The summed E-state index contributed by atoms with van der Waals surface area (Å²) in [5.74, 6) is 0.431. The number of sulfone groups is 1. The van der Waals surface area contributed by atoms with Gasteiger partial charge in [0.25, 0.3) is 0 Å². The third-order valence-electron chi connectivity index (χ3n) is 4.57. The lowest BCUT2D eigenvalue weighted by Gasteiger charge is -2.23. The predicted molar refractivity (Wildman–Crippen MR) is 91.3 cm³/mol. The van der Waals surface area contributed by atoms with Crippen molar-refractivity contribution in [2.45, 2.75) is 39.0 Å². The molecular weight excluding hydrogens is 314 g/mol. The molecule has 3 rings (SSSR count). The lowest BCUT2D eigenvalue weighted by atomic mass is 10.2. The van der Waals surface area contributed by atoms with Crippen LogP contribution < -0.4 is 5.69 Å². The summed E-state index contributed by atoms with van der Waals surface area (Å²) in [6, 6.07) is 7.76. The summed E-state index contributed by atoms with van der Waals surface area (Å²) in [6.07, 6.45) is 1.53. The fraction of sp³-hybridized carbons (Fsp3) is 0.562. The van der Waals surface area contributed by atoms with E-state index in [4.69, 9.17) is 0 Å². The van der Waals surface area contributed by atoms with Gasteiger partial charge in [0.05, 0.1) is 29.2 Å². The molecule has 0 unspecified atom stereocenters. The van der Waals surface area contributed by atoms with E-state index in [1.165, 1.54) is 0 Å². The number of aromatic nitrogens is 2. The van der Waals surface area contributed by atoms with E-state index >= 15 is 0 Å². The van der Waals surface area contributed by atoms with Crippen LogP contribution in [0.4, 0.5) is 0 Å². The number of aryl methyl sites for hydroxylation is 1. The highest BCUT2D eigenvalue weighted by Crippen LogP contribution is 2.19. The zero-order valence-electron chi connectivity index (χ0n) is 13.6. The minimum atomic E-state index is -2.92. The Morgan fingerprint density at radius 1 is 1.22 bits per heavy atom. The maximum Gasteiger partial charge on any atom is 0.330 e. The second-order valence-corrected chi connectivity index (χ2v) is 8.53. The van der Waals surface area contributed by atoms with Crippen LogP contribution in [0.2, 0.25) is 0 Å². The van der Waals surface area contributed by atoms with Crippen molar-refractivity contribution in [2.75, 3.05) is 18.6 Å². The minimum absolute atomic E-state index is 0.0137. The molecule has 0 N–H and O–H groups in total. The van der Waals surface area contributed by atoms with Crippen LogP contribution in [0.1, 0.15) is 19.8 Å². The Labute approximate surface area is 136 Å². The highest BCUT2D eigenvalue weighted by atomic mass is 32.2. The third-order valence-corrected chi connectivity index (χ3v) is 6.32. The van der Waals surface area contributed by atoms with Gasteiger partial charge in [0.15, 0.2) is 9.84 Å². The van der Waals surface area contributed by atoms with Gasteiger partial charge in [-0.1, -0.05) is 19.1 Å². The Bertz CT molecular complexity index is 866. The number of imidazole rings is 1. The van der Waals surface area contributed by atoms with Crippen LogP contribution in [0, 0.1) is 0 Å². The van der Waals surface area contributed by atoms with E-state index in [9.17, 15) is 13.2 Å². The zero-order chi connectivity index (χ0) is 16.6. The lowest BCUT2D eigenvalue weighted by Crippen LogP contribution is -2.37. The lowest BCUT2D eigenvalue weighted by molar-refractivity contribution is 0.208. The summed E-state index contributed by atoms with van der Waals surface area (Å²) >= 11 is 0. The second-order valence-electron chi connectivity index (χ2n) is 6.31. The third kappa shape index (κ3) is 3.07. The van der Waals surface area contributed by atoms with Gasteiger partial charge in [-0.05, 0) is 32.0 Å². The Hall–Kier alpha value is -1.60. The molecule has 0 spiro atoms. The molecule has 1 aromatic heterocycles. The molecule has 2 aromatic rings. The van der Waals surface area contributed by atoms with Gasteiger partial charge < -0.3 is 0 Å². The summed E-state index contributed by atoms with van der Waals surface area (Å²) in [6.45, 7) is 3.15. The molecule has 1 atom stereocenters. The van der Waals surface area contributed by atoms with E-state index in [0.717, 1.165) is 17.5 Å². The standard InChI is InChI=1S/C16H23N3O3S/c1-3-9-18-14-6-4-5-7-15(14)19(16(18)20)12-17(2)13-8-10-23(21,22)11-13/h4-7,13H,3,8-12H2,1-2H3/t13-/m1/s1. The molecular formula is C16H23N3O3S. The molecule has 6 nitrogen and oxygen atoms in total. The van der Waals surface area contributed by atoms with Crippen molar-refractivity contribution in [1.82, 2.24) is 14.0 Å². The molecule has 1 aliphatic rings. The highest BCUT2D eigenvalue weighted by molar-refractivity contribution is 7.91. The first-order chi connectivity index (χ1) is 10.9. The van der Waals surface area contributed by atoms with Crippen LogP contribution in [-0.2, 0) is 23.1 Å². The monoisotopic (exact) mass is 337 g/mol. The minimum Gasteiger partial charge on any atom is -0.292 e. The summed E-state index contributed by atoms with van der Waals surface area (Å²) in [4.78, 5) is 14.7. The van der Waals surface area contributed by atoms with Crippen molar-refractivity contribution in [2.24, 2.45) is 0 Å². The molecule has 23 heavy (non-hydrogen) atoms. The van der Waals surface area contributed by atoms with Crippen LogP contribution in [0.15, 0.2) is 29.1 Å². The molecule has 0 bridgehead atoms. The molecule has 1 aromatic carbocycles. The van der Waals surface area contributed by atoms with E-state index in [0.29, 0.717) is 19.6 Å². The fourth-order valence-electron chi connectivity index (χ4n) is 3.31. The largest absolute Gasteiger partial charge is 0.330 e. The average molecular weight is 337 g/mol. The number of nitrogens with zero attached hydrogens (tertiary/aromatic N) is 3.